The molecule has 1 aliphatic heterocycles. The standard InChI is InChI=1S/C33H43N5O2S/c1-24-14-17-28(18-15-24)32-34-35-33(38(32)29-12-7-4-9-25(29)2)41-22-8-13-30(39)36-20-21-37(26(3)23-36)31(40)19-16-27-10-5-6-11-27/h4,7,9,12,14-15,17-18,26-27H,5-6,8,10-11,13,16,19-23H2,1-3H3. The third-order valence-electron chi connectivity index (χ3n) is 8.61. The Kier molecular flexibility index (Phi) is 9.80. The first-order chi connectivity index (χ1) is 19.9. The monoisotopic (exact) mass is 573 g/mol. The second-order valence-electron chi connectivity index (χ2n) is 11.7. The first kappa shape index (κ1) is 29.4. The van der Waals surface area contributed by atoms with Crippen LogP contribution in [-0.2, 0) is 9.59 Å². The molecule has 0 spiro atoms. The number of hydrogen-bond acceptors (Lipinski definition) is 5. The third-order valence-corrected chi connectivity index (χ3v) is 9.62. The molecule has 0 radical (unpaired) electrons. The Balaban J connectivity index is 1.14. The molecule has 0 N–H and O–H groups in total. The molecule has 2 fully saturated rings. The number of amides is 2. The minimum Gasteiger partial charge on any atom is -0.339 e. The summed E-state index contributed by atoms with van der Waals surface area (Å²) < 4.78 is 2.14. The molecule has 2 heterocycles. The van der Waals surface area contributed by atoms with Crippen LogP contribution in [0.5, 0.6) is 0 Å². The molecule has 1 aromatic heterocycles. The number of carbonyl (C=O) groups excluding carboxylic acids is 2. The number of aryl methyl sites for hydroxylation is 2. The van der Waals surface area contributed by atoms with Crippen LogP contribution in [-0.4, -0.2) is 67.8 Å². The smallest absolute Gasteiger partial charge is 0.222 e. The number of hydrogen-bond donors (Lipinski definition) is 0. The van der Waals surface area contributed by atoms with Crippen LogP contribution in [0.4, 0.5) is 0 Å². The van der Waals surface area contributed by atoms with Crippen molar-refractivity contribution in [1.29, 1.82) is 0 Å². The van der Waals surface area contributed by atoms with Crippen molar-refractivity contribution >= 4 is 23.6 Å². The topological polar surface area (TPSA) is 71.3 Å². The first-order valence-corrected chi connectivity index (χ1v) is 16.2. The summed E-state index contributed by atoms with van der Waals surface area (Å²) >= 11 is 1.64. The van der Waals surface area contributed by atoms with E-state index >= 15 is 0 Å². The molecule has 8 heteroatoms. The molecule has 1 unspecified atom stereocenters. The molecule has 1 saturated heterocycles. The number of para-hydroxylation sites is 1. The lowest BCUT2D eigenvalue weighted by Gasteiger charge is -2.40. The van der Waals surface area contributed by atoms with E-state index in [0.29, 0.717) is 32.5 Å². The normalized spacial score (nSPS) is 17.8. The Labute approximate surface area is 248 Å². The van der Waals surface area contributed by atoms with Crippen molar-refractivity contribution in [3.8, 4) is 17.1 Å². The minimum absolute atomic E-state index is 0.0750. The van der Waals surface area contributed by atoms with Crippen molar-refractivity contribution in [2.45, 2.75) is 83.3 Å². The third kappa shape index (κ3) is 7.21. The first-order valence-electron chi connectivity index (χ1n) is 15.2. The fraction of sp³-hybridized carbons (Fsp3) is 0.515. The Morgan fingerprint density at radius 2 is 1.68 bits per heavy atom. The van der Waals surface area contributed by atoms with Crippen molar-refractivity contribution in [2.24, 2.45) is 5.92 Å². The van der Waals surface area contributed by atoms with E-state index < -0.39 is 0 Å². The Morgan fingerprint density at radius 1 is 0.927 bits per heavy atom. The number of rotatable bonds is 10. The van der Waals surface area contributed by atoms with Crippen LogP contribution >= 0.6 is 11.8 Å². The van der Waals surface area contributed by atoms with Crippen LogP contribution < -0.4 is 0 Å². The van der Waals surface area contributed by atoms with E-state index in [1.54, 1.807) is 11.8 Å². The maximum absolute atomic E-state index is 13.1. The molecule has 2 aromatic carbocycles. The summed E-state index contributed by atoms with van der Waals surface area (Å²) in [7, 11) is 0. The highest BCUT2D eigenvalue weighted by molar-refractivity contribution is 7.99. The van der Waals surface area contributed by atoms with Crippen molar-refractivity contribution in [3.63, 3.8) is 0 Å². The van der Waals surface area contributed by atoms with E-state index in [9.17, 15) is 9.59 Å². The highest BCUT2D eigenvalue weighted by Gasteiger charge is 2.30. The molecule has 1 saturated carbocycles. The van der Waals surface area contributed by atoms with Gasteiger partial charge in [-0.2, -0.15) is 0 Å². The summed E-state index contributed by atoms with van der Waals surface area (Å²) in [6.45, 7) is 8.16. The maximum atomic E-state index is 13.1. The van der Waals surface area contributed by atoms with Gasteiger partial charge in [0.1, 0.15) is 0 Å². The predicted molar refractivity (Wildman–Crippen MR) is 165 cm³/mol. The van der Waals surface area contributed by atoms with Crippen LogP contribution in [0.1, 0.15) is 69.4 Å². The van der Waals surface area contributed by atoms with E-state index in [2.05, 4.69) is 71.9 Å². The van der Waals surface area contributed by atoms with E-state index in [1.165, 1.54) is 31.2 Å². The molecule has 41 heavy (non-hydrogen) atoms. The second kappa shape index (κ2) is 13.7. The van der Waals surface area contributed by atoms with Gasteiger partial charge < -0.3 is 9.80 Å². The highest BCUT2D eigenvalue weighted by Crippen LogP contribution is 2.31. The quantitative estimate of drug-likeness (QED) is 0.206. The highest BCUT2D eigenvalue weighted by atomic mass is 32.2. The van der Waals surface area contributed by atoms with Gasteiger partial charge in [-0.05, 0) is 51.2 Å². The summed E-state index contributed by atoms with van der Waals surface area (Å²) in [5.74, 6) is 2.77. The average molecular weight is 574 g/mol. The lowest BCUT2D eigenvalue weighted by Crippen LogP contribution is -2.55. The van der Waals surface area contributed by atoms with Crippen molar-refractivity contribution < 1.29 is 9.59 Å². The van der Waals surface area contributed by atoms with Crippen LogP contribution in [0.2, 0.25) is 0 Å². The fourth-order valence-electron chi connectivity index (χ4n) is 6.15. The Bertz CT molecular complexity index is 1330. The predicted octanol–water partition coefficient (Wildman–Crippen LogP) is 6.45. The molecule has 1 atom stereocenters. The van der Waals surface area contributed by atoms with E-state index in [-0.39, 0.29) is 17.9 Å². The summed E-state index contributed by atoms with van der Waals surface area (Å²) in [6.07, 6.45) is 8.12. The van der Waals surface area contributed by atoms with Crippen LogP contribution in [0, 0.1) is 19.8 Å². The molecule has 5 rings (SSSR count). The number of aromatic nitrogens is 3. The zero-order valence-electron chi connectivity index (χ0n) is 24.7. The van der Waals surface area contributed by atoms with Gasteiger partial charge in [0.25, 0.3) is 0 Å². The van der Waals surface area contributed by atoms with E-state index in [1.807, 2.05) is 21.9 Å². The molecule has 2 aliphatic rings. The molecule has 1 aliphatic carbocycles. The Hall–Kier alpha value is -3.13. The van der Waals surface area contributed by atoms with Gasteiger partial charge in [-0.1, -0.05) is 85.5 Å². The molecular weight excluding hydrogens is 530 g/mol. The van der Waals surface area contributed by atoms with E-state index in [4.69, 9.17) is 0 Å². The van der Waals surface area contributed by atoms with Crippen molar-refractivity contribution in [3.05, 3.63) is 59.7 Å². The number of thioether (sulfide) groups is 1. The lowest BCUT2D eigenvalue weighted by molar-refractivity contribution is -0.142. The van der Waals surface area contributed by atoms with Gasteiger partial charge in [0.2, 0.25) is 11.8 Å². The van der Waals surface area contributed by atoms with Gasteiger partial charge in [-0.15, -0.1) is 10.2 Å². The summed E-state index contributed by atoms with van der Waals surface area (Å²) in [5, 5.41) is 9.96. The largest absolute Gasteiger partial charge is 0.339 e. The van der Waals surface area contributed by atoms with Crippen LogP contribution in [0.3, 0.4) is 0 Å². The van der Waals surface area contributed by atoms with Crippen molar-refractivity contribution in [1.82, 2.24) is 24.6 Å². The van der Waals surface area contributed by atoms with Gasteiger partial charge in [0.05, 0.1) is 5.69 Å². The van der Waals surface area contributed by atoms with Crippen LogP contribution in [0.15, 0.2) is 53.7 Å². The van der Waals surface area contributed by atoms with Crippen molar-refractivity contribution in [2.75, 3.05) is 25.4 Å². The van der Waals surface area contributed by atoms with E-state index in [0.717, 1.165) is 52.3 Å². The number of piperazine rings is 1. The fourth-order valence-corrected chi connectivity index (χ4v) is 7.04. The van der Waals surface area contributed by atoms with Crippen LogP contribution in [0.25, 0.3) is 17.1 Å². The SMILES string of the molecule is Cc1ccc(-c2nnc(SCCCC(=O)N3CCN(C(=O)CCC4CCCC4)C(C)C3)n2-c2ccccc2C)cc1. The number of carbonyl (C=O) groups is 2. The Morgan fingerprint density at radius 3 is 2.41 bits per heavy atom. The maximum Gasteiger partial charge on any atom is 0.222 e. The number of nitrogens with zero attached hydrogens (tertiary/aromatic N) is 5. The molecule has 7 nitrogen and oxygen atoms in total. The summed E-state index contributed by atoms with van der Waals surface area (Å²) in [4.78, 5) is 29.9. The molecular formula is C33H43N5O2S. The number of benzene rings is 2. The molecule has 3 aromatic rings. The molecule has 0 bridgehead atoms. The van der Waals surface area contributed by atoms with Gasteiger partial charge >= 0.3 is 0 Å². The van der Waals surface area contributed by atoms with Gasteiger partial charge in [-0.3, -0.25) is 14.2 Å². The summed E-state index contributed by atoms with van der Waals surface area (Å²) in [5.41, 5.74) is 4.45. The zero-order chi connectivity index (χ0) is 28.8. The molecule has 218 valence electrons. The summed E-state index contributed by atoms with van der Waals surface area (Å²) in [6, 6.07) is 16.7. The second-order valence-corrected chi connectivity index (χ2v) is 12.8. The van der Waals surface area contributed by atoms with Gasteiger partial charge in [0, 0.05) is 49.8 Å². The zero-order valence-corrected chi connectivity index (χ0v) is 25.5. The van der Waals surface area contributed by atoms with Gasteiger partial charge in [0.15, 0.2) is 11.0 Å². The molecule has 2 amide bonds. The van der Waals surface area contributed by atoms with Gasteiger partial charge in [-0.25, -0.2) is 0 Å². The lowest BCUT2D eigenvalue weighted by atomic mass is 10.0. The minimum atomic E-state index is 0.0750. The average Bonchev–Trinajstić information content (AvgIpc) is 3.65.